The van der Waals surface area contributed by atoms with E-state index in [0.717, 1.165) is 18.1 Å². The molecule has 38 nitrogen and oxygen atoms in total. The van der Waals surface area contributed by atoms with E-state index in [4.69, 9.17) is 128 Å². The molecule has 4 saturated heterocycles. The topological polar surface area (TPSA) is 476 Å². The number of aliphatic hydroxyl groups excluding tert-OH is 1. The summed E-state index contributed by atoms with van der Waals surface area (Å²) in [6.07, 6.45) is -35.9. The lowest BCUT2D eigenvalue weighted by Crippen LogP contribution is -2.68. The summed E-state index contributed by atoms with van der Waals surface area (Å²) in [5.74, 6) is -5.59. The molecular formula is C98H106Cl3N7O31S. The van der Waals surface area contributed by atoms with Crippen molar-refractivity contribution in [2.75, 3.05) is 46.2 Å². The number of carbonyl (C=O) groups excluding carboxylic acids is 8. The van der Waals surface area contributed by atoms with Gasteiger partial charge in [-0.25, -0.2) is 22.7 Å². The molecule has 0 aliphatic carbocycles. The Morgan fingerprint density at radius 2 is 0.757 bits per heavy atom. The number of benzene rings is 8. The second-order valence-corrected chi connectivity index (χ2v) is 36.5. The summed E-state index contributed by atoms with van der Waals surface area (Å²) in [5.41, 5.74) is 25.2. The Morgan fingerprint density at radius 1 is 0.400 bits per heavy atom. The van der Waals surface area contributed by atoms with Gasteiger partial charge in [0.25, 0.3) is 0 Å². The van der Waals surface area contributed by atoms with Gasteiger partial charge in [-0.3, -0.25) is 14.4 Å². The highest BCUT2D eigenvalue weighted by Gasteiger charge is 2.60. The molecule has 0 saturated carbocycles. The van der Waals surface area contributed by atoms with Crippen molar-refractivity contribution < 1.29 is 146 Å². The minimum Gasteiger partial charge on any atom is -0.463 e. The van der Waals surface area contributed by atoms with Crippen LogP contribution in [0.2, 0.25) is 0 Å². The summed E-state index contributed by atoms with van der Waals surface area (Å²) < 4.78 is 155. The number of nitrogens with zero attached hydrogens (tertiary/aromatic N) is 7. The van der Waals surface area contributed by atoms with Crippen molar-refractivity contribution in [2.24, 2.45) is 10.2 Å². The number of azide groups is 2. The fourth-order valence-electron chi connectivity index (χ4n) is 15.4. The normalized spacial score (nSPS) is 24.5. The Labute approximate surface area is 821 Å². The van der Waals surface area contributed by atoms with Gasteiger partial charge in [0, 0.05) is 42.7 Å². The zero-order chi connectivity index (χ0) is 99.3. The molecule has 0 bridgehead atoms. The van der Waals surface area contributed by atoms with E-state index in [2.05, 4.69) is 20.1 Å². The average molecular weight is 2020 g/mol. The Kier molecular flexibility index (Phi) is 41.8. The summed E-state index contributed by atoms with van der Waals surface area (Å²) in [6.45, 7) is -2.71. The number of esters is 5. The highest BCUT2D eigenvalue weighted by atomic mass is 35.6. The first kappa shape index (κ1) is 107. The Balaban J connectivity index is 0.983. The Morgan fingerprint density at radius 3 is 1.18 bits per heavy atom. The molecule has 1 N–H and O–H groups in total. The molecule has 0 unspecified atom stereocenters. The first-order valence-electron chi connectivity index (χ1n) is 44.8. The first-order valence-corrected chi connectivity index (χ1v) is 47.3. The van der Waals surface area contributed by atoms with Gasteiger partial charge in [-0.15, -0.1) is 0 Å². The second kappa shape index (κ2) is 54.5. The minimum atomic E-state index is -5.14. The van der Waals surface area contributed by atoms with E-state index in [9.17, 15) is 53.4 Å². The van der Waals surface area contributed by atoms with E-state index in [1.54, 1.807) is 146 Å². The molecule has 0 radical (unpaired) electrons. The van der Waals surface area contributed by atoms with E-state index >= 15 is 9.59 Å². The second-order valence-electron chi connectivity index (χ2n) is 32.7. The lowest BCUT2D eigenvalue weighted by molar-refractivity contribution is -0.380. The fourth-order valence-corrected chi connectivity index (χ4v) is 16.4. The van der Waals surface area contributed by atoms with Crippen LogP contribution >= 0.6 is 34.8 Å². The quantitative estimate of drug-likeness (QED) is 0.00703. The summed E-state index contributed by atoms with van der Waals surface area (Å²) in [5, 5.41) is 20.8. The predicted octanol–water partition coefficient (Wildman–Crippen LogP) is 13.8. The molecule has 140 heavy (non-hydrogen) atoms. The van der Waals surface area contributed by atoms with Crippen LogP contribution < -0.4 is 0 Å². The van der Waals surface area contributed by atoms with Gasteiger partial charge in [0.15, 0.2) is 37.4 Å². The molecule has 20 atom stereocenters. The lowest BCUT2D eigenvalue weighted by atomic mass is 9.94. The van der Waals surface area contributed by atoms with Gasteiger partial charge in [0.05, 0.1) is 69.7 Å². The van der Waals surface area contributed by atoms with Crippen LogP contribution in [0.1, 0.15) is 107 Å². The number of ketones is 2. The monoisotopic (exact) mass is 2010 g/mol. The average Bonchev–Trinajstić information content (AvgIpc) is 0.755. The number of hydrogen-bond donors (Lipinski definition) is 1. The van der Waals surface area contributed by atoms with Crippen LogP contribution in [0.3, 0.4) is 0 Å². The predicted molar refractivity (Wildman–Crippen MR) is 496 cm³/mol. The van der Waals surface area contributed by atoms with Gasteiger partial charge in [0.2, 0.25) is 3.79 Å². The number of amides is 1. The Bertz CT molecular complexity index is 5500. The Hall–Kier alpha value is -11.4. The van der Waals surface area contributed by atoms with Crippen molar-refractivity contribution in [3.05, 3.63) is 308 Å². The minimum absolute atomic E-state index is 0.0170. The van der Waals surface area contributed by atoms with Gasteiger partial charge < -0.3 is 105 Å². The van der Waals surface area contributed by atoms with Crippen molar-refractivity contribution in [3.63, 3.8) is 0 Å². The third-order valence-corrected chi connectivity index (χ3v) is 23.4. The summed E-state index contributed by atoms with van der Waals surface area (Å²) in [4.78, 5) is 119. The number of hydrogen-bond acceptors (Lipinski definition) is 33. The summed E-state index contributed by atoms with van der Waals surface area (Å²) in [7, 11) is -5.14. The molecule has 42 heteroatoms. The van der Waals surface area contributed by atoms with Crippen molar-refractivity contribution in [2.45, 2.75) is 219 Å². The van der Waals surface area contributed by atoms with Crippen LogP contribution in [0.25, 0.3) is 20.9 Å². The maximum atomic E-state index is 15.4. The molecule has 4 aliphatic rings. The maximum Gasteiger partial charge on any atom is 0.410 e. The molecule has 8 aromatic carbocycles. The van der Waals surface area contributed by atoms with Gasteiger partial charge in [0.1, 0.15) is 124 Å². The number of rotatable bonds is 50. The SMILES string of the molecule is CC(=O)CCC(=O)OC[C@@H]1O[C@@H](OCCCN(Cc2ccccc2)C(=O)OCc2ccccc2)[C@H](OC(=O)c2ccccc2)[C@@H](OCc2ccccc2)[C@@H]1O[C@H]1O[C@H](COC(C)=O)[C@@H](O[C@@H]2O[C@@H](COC(=O)CCC(C)=O)[C@@H](O[C@H]3O[C@H](COS(=O)(=O)OCC(Cl)(Cl)Cl)[C@@H](O)[C@H](OCc4ccccc4)[C@H]3N=[N+]=[N-])[C@H](OCc3ccccc3)[C@H]2OC(=O)c2ccccc2)[C@H](OCc2ccccc2)[C@H]1N=[N+]=[N-]. The number of ether oxygens (including phenoxy) is 18. The molecule has 0 spiro atoms. The summed E-state index contributed by atoms with van der Waals surface area (Å²) in [6, 6.07) is 64.0. The maximum absolute atomic E-state index is 15.4. The van der Waals surface area contributed by atoms with E-state index in [1.165, 1.54) is 55.1 Å². The highest BCUT2D eigenvalue weighted by Crippen LogP contribution is 2.42. The molecule has 12 rings (SSSR count). The number of Topliss-reactive ketones (excluding diaryl/α,β-unsaturated/α-hetero) is 2. The standard InChI is InChI=1S/C98H106Cl3N7O31S/c1-62(109)45-47-77(112)122-58-75-83(87(126-54-68-35-18-7-19-36-68)89(135-91(115)71-41-24-10-25-42-71)95(133-75)120-50-28-49-108(51-65-29-12-4-13-30-65)97(117)128-56-70-39-22-9-23-40-70)138-94-80(105-107-103)86(125-53-67-33-16-6-17-34-67)82(74(132-94)57-121-64(3)111)139-96-90(136-92(116)72-43-26-11-27-44-72)88(127-55-69-37-20-8-21-38-69)84(76(134-96)59-123-78(113)48-46-63(2)110)137-93-79(104-106-102)85(124-52-66-31-14-5-15-32-66)81(114)73(131-93)60-129-140(118,119)130-61-98(99,100)101/h4-27,29-44,73-76,79-90,93-96,114H,28,45-61H2,1-3H3/t73-,74-,75+,76+,79-,80-,81-,82-,83-,84-,85-,86-,87+,88+,89-,90-,93-,94-,95-,96+/m1/s1. The molecule has 746 valence electrons. The van der Waals surface area contributed by atoms with Gasteiger partial charge >= 0.3 is 46.3 Å². The van der Waals surface area contributed by atoms with Gasteiger partial charge in [-0.2, -0.15) is 8.42 Å². The van der Waals surface area contributed by atoms with E-state index in [1.807, 2.05) is 60.7 Å². The van der Waals surface area contributed by atoms with Crippen LogP contribution in [0, 0.1) is 0 Å². The fraction of sp³-hybridized carbons (Fsp3) is 0.429. The zero-order valence-corrected chi connectivity index (χ0v) is 79.3. The van der Waals surface area contributed by atoms with Crippen LogP contribution in [-0.4, -0.2) is 239 Å². The molecule has 8 aromatic rings. The van der Waals surface area contributed by atoms with Crippen LogP contribution in [-0.2, 0) is 168 Å². The molecule has 0 aromatic heterocycles. The molecule has 4 fully saturated rings. The summed E-state index contributed by atoms with van der Waals surface area (Å²) >= 11 is 17.6. The number of halogens is 3. The molecular weight excluding hydrogens is 1910 g/mol. The molecule has 4 aliphatic heterocycles. The highest BCUT2D eigenvalue weighted by molar-refractivity contribution is 7.81. The van der Waals surface area contributed by atoms with E-state index < -0.39 is 238 Å². The van der Waals surface area contributed by atoms with Crippen molar-refractivity contribution >= 4 is 92.7 Å². The lowest BCUT2D eigenvalue weighted by Gasteiger charge is -2.51. The van der Waals surface area contributed by atoms with E-state index in [0.29, 0.717) is 22.3 Å². The number of alkyl halides is 3. The number of carbonyl (C=O) groups is 8. The van der Waals surface area contributed by atoms with E-state index in [-0.39, 0.29) is 75.7 Å². The number of aliphatic hydroxyl groups is 1. The molecule has 4 heterocycles. The van der Waals surface area contributed by atoms with Crippen molar-refractivity contribution in [1.82, 2.24) is 4.90 Å². The van der Waals surface area contributed by atoms with Crippen LogP contribution in [0.4, 0.5) is 4.79 Å². The third kappa shape index (κ3) is 33.4. The van der Waals surface area contributed by atoms with Gasteiger partial charge in [-0.05, 0) is 89.0 Å². The van der Waals surface area contributed by atoms with Crippen molar-refractivity contribution in [1.29, 1.82) is 0 Å². The third-order valence-electron chi connectivity index (χ3n) is 22.2. The van der Waals surface area contributed by atoms with Gasteiger partial charge in [-0.1, -0.05) is 263 Å². The smallest absolute Gasteiger partial charge is 0.410 e. The largest absolute Gasteiger partial charge is 0.463 e. The first-order chi connectivity index (χ1) is 67.6. The molecule has 1 amide bonds. The van der Waals surface area contributed by atoms with Crippen LogP contribution in [0.5, 0.6) is 0 Å². The zero-order valence-electron chi connectivity index (χ0n) is 76.2. The van der Waals surface area contributed by atoms with Crippen LogP contribution in [0.15, 0.2) is 253 Å². The van der Waals surface area contributed by atoms with Crippen molar-refractivity contribution in [3.8, 4) is 0 Å².